The summed E-state index contributed by atoms with van der Waals surface area (Å²) < 4.78 is 4.63. The van der Waals surface area contributed by atoms with E-state index in [1.54, 1.807) is 19.2 Å². The fourth-order valence-corrected chi connectivity index (χ4v) is 1.41. The van der Waals surface area contributed by atoms with Crippen LogP contribution in [0.1, 0.15) is 19.5 Å². The zero-order valence-electron chi connectivity index (χ0n) is 8.48. The number of nitrogens with one attached hydrogen (secondary N) is 1. The largest absolute Gasteiger partial charge is 0.449 e. The Bertz CT molecular complexity index is 374. The van der Waals surface area contributed by atoms with Gasteiger partial charge >= 0.3 is 6.09 Å². The summed E-state index contributed by atoms with van der Waals surface area (Å²) in [4.78, 5) is 14.9. The molecule has 0 aliphatic heterocycles. The fraction of sp³-hybridized carbons (Fsp3) is 0.375. The van der Waals surface area contributed by atoms with Crippen LogP contribution in [-0.2, 0) is 4.74 Å². The summed E-state index contributed by atoms with van der Waals surface area (Å²) in [5, 5.41) is 6.04. The molecule has 3 N–H and O–H groups in total. The van der Waals surface area contributed by atoms with Gasteiger partial charge in [-0.05, 0) is 13.8 Å². The third kappa shape index (κ3) is 3.55. The Morgan fingerprint density at radius 2 is 2.53 bits per heavy atom. The van der Waals surface area contributed by atoms with Crippen LogP contribution in [0.5, 0.6) is 0 Å². The van der Waals surface area contributed by atoms with Crippen LogP contribution in [0.3, 0.4) is 0 Å². The van der Waals surface area contributed by atoms with Gasteiger partial charge in [0.2, 0.25) is 0 Å². The first-order valence-electron chi connectivity index (χ1n) is 4.32. The number of nitrogen functional groups attached to an aromatic ring is 1. The highest BCUT2D eigenvalue weighted by Gasteiger charge is 2.03. The van der Waals surface area contributed by atoms with E-state index in [2.05, 4.69) is 20.2 Å². The molecule has 0 spiro atoms. The van der Waals surface area contributed by atoms with Crippen LogP contribution in [0.15, 0.2) is 10.5 Å². The number of thiazole rings is 1. The van der Waals surface area contributed by atoms with Crippen molar-refractivity contribution in [2.75, 3.05) is 12.3 Å². The van der Waals surface area contributed by atoms with E-state index in [4.69, 9.17) is 5.73 Å². The van der Waals surface area contributed by atoms with Gasteiger partial charge in [-0.25, -0.2) is 15.2 Å². The Morgan fingerprint density at radius 3 is 3.07 bits per heavy atom. The van der Waals surface area contributed by atoms with Crippen molar-refractivity contribution < 1.29 is 9.53 Å². The lowest BCUT2D eigenvalue weighted by atomic mass is 10.3. The highest BCUT2D eigenvalue weighted by atomic mass is 32.1. The maximum absolute atomic E-state index is 10.9. The van der Waals surface area contributed by atoms with E-state index < -0.39 is 6.09 Å². The SMILES string of the molecule is CCOC(=O)N/N=C(\C)c1csc(N)n1. The number of rotatable bonds is 3. The molecule has 1 aromatic heterocycles. The minimum atomic E-state index is -0.583. The number of carbonyl (C=O) groups is 1. The highest BCUT2D eigenvalue weighted by molar-refractivity contribution is 7.13. The Kier molecular flexibility index (Phi) is 4.04. The summed E-state index contributed by atoms with van der Waals surface area (Å²) in [7, 11) is 0. The number of hydrogen-bond acceptors (Lipinski definition) is 6. The third-order valence-electron chi connectivity index (χ3n) is 1.48. The van der Waals surface area contributed by atoms with E-state index in [-0.39, 0.29) is 0 Å². The monoisotopic (exact) mass is 228 g/mol. The van der Waals surface area contributed by atoms with Crippen LogP contribution >= 0.6 is 11.3 Å². The van der Waals surface area contributed by atoms with Crippen LogP contribution in [-0.4, -0.2) is 23.4 Å². The second kappa shape index (κ2) is 5.30. The molecule has 1 heterocycles. The summed E-state index contributed by atoms with van der Waals surface area (Å²) in [5.41, 5.74) is 8.93. The highest BCUT2D eigenvalue weighted by Crippen LogP contribution is 2.11. The van der Waals surface area contributed by atoms with E-state index in [1.165, 1.54) is 11.3 Å². The second-order valence-corrected chi connectivity index (χ2v) is 3.49. The Morgan fingerprint density at radius 1 is 1.80 bits per heavy atom. The molecule has 0 fully saturated rings. The van der Waals surface area contributed by atoms with E-state index in [0.29, 0.717) is 23.1 Å². The van der Waals surface area contributed by atoms with Crippen molar-refractivity contribution in [1.29, 1.82) is 0 Å². The van der Waals surface area contributed by atoms with Gasteiger partial charge in [-0.2, -0.15) is 5.10 Å². The maximum Gasteiger partial charge on any atom is 0.427 e. The van der Waals surface area contributed by atoms with Crippen molar-refractivity contribution in [1.82, 2.24) is 10.4 Å². The van der Waals surface area contributed by atoms with Gasteiger partial charge in [0, 0.05) is 5.38 Å². The lowest BCUT2D eigenvalue weighted by molar-refractivity contribution is 0.152. The Balaban J connectivity index is 2.56. The summed E-state index contributed by atoms with van der Waals surface area (Å²) in [6, 6.07) is 0. The molecule has 15 heavy (non-hydrogen) atoms. The van der Waals surface area contributed by atoms with Crippen molar-refractivity contribution in [3.8, 4) is 0 Å². The number of hydrazone groups is 1. The average Bonchev–Trinajstić information content (AvgIpc) is 2.62. The Labute approximate surface area is 91.1 Å². The quantitative estimate of drug-likeness (QED) is 0.600. The van der Waals surface area contributed by atoms with Gasteiger partial charge < -0.3 is 10.5 Å². The lowest BCUT2D eigenvalue weighted by Crippen LogP contribution is -2.20. The van der Waals surface area contributed by atoms with Crippen LogP contribution < -0.4 is 11.2 Å². The molecule has 0 aromatic carbocycles. The van der Waals surface area contributed by atoms with Crippen LogP contribution in [0, 0.1) is 0 Å². The standard InChI is InChI=1S/C8H12N4O2S/c1-3-14-8(13)12-11-5(2)6-4-15-7(9)10-6/h4H,3H2,1-2H3,(H2,9,10)(H,12,13)/b11-5+. The minimum absolute atomic E-state index is 0.310. The van der Waals surface area contributed by atoms with Crippen LogP contribution in [0.2, 0.25) is 0 Å². The molecule has 0 saturated carbocycles. The normalized spacial score (nSPS) is 11.2. The molecule has 82 valence electrons. The average molecular weight is 228 g/mol. The molecule has 7 heteroatoms. The first-order chi connectivity index (χ1) is 7.13. The summed E-state index contributed by atoms with van der Waals surface area (Å²) in [6.07, 6.45) is -0.583. The molecule has 1 rings (SSSR count). The van der Waals surface area contributed by atoms with Gasteiger partial charge in [-0.1, -0.05) is 0 Å². The van der Waals surface area contributed by atoms with Gasteiger partial charge in [0.25, 0.3) is 0 Å². The molecular formula is C8H12N4O2S. The van der Waals surface area contributed by atoms with Gasteiger partial charge in [0.1, 0.15) is 0 Å². The molecule has 0 radical (unpaired) electrons. The second-order valence-electron chi connectivity index (χ2n) is 2.60. The van der Waals surface area contributed by atoms with Gasteiger partial charge in [-0.15, -0.1) is 11.3 Å². The molecular weight excluding hydrogens is 216 g/mol. The Hall–Kier alpha value is -1.63. The topological polar surface area (TPSA) is 89.6 Å². The molecule has 0 saturated heterocycles. The van der Waals surface area contributed by atoms with Crippen molar-refractivity contribution in [2.45, 2.75) is 13.8 Å². The van der Waals surface area contributed by atoms with Crippen molar-refractivity contribution in [3.63, 3.8) is 0 Å². The molecule has 0 atom stereocenters. The van der Waals surface area contributed by atoms with E-state index >= 15 is 0 Å². The lowest BCUT2D eigenvalue weighted by Gasteiger charge is -2.00. The fourth-order valence-electron chi connectivity index (χ4n) is 0.804. The number of hydrogen-bond donors (Lipinski definition) is 2. The van der Waals surface area contributed by atoms with Gasteiger partial charge in [0.05, 0.1) is 18.0 Å². The zero-order valence-corrected chi connectivity index (χ0v) is 9.30. The number of nitrogens with zero attached hydrogens (tertiary/aromatic N) is 2. The smallest absolute Gasteiger partial charge is 0.427 e. The summed E-state index contributed by atoms with van der Waals surface area (Å²) in [6.45, 7) is 3.75. The predicted molar refractivity (Wildman–Crippen MR) is 58.9 cm³/mol. The van der Waals surface area contributed by atoms with Gasteiger partial charge in [-0.3, -0.25) is 0 Å². The summed E-state index contributed by atoms with van der Waals surface area (Å²) in [5.74, 6) is 0. The van der Waals surface area contributed by atoms with Crippen molar-refractivity contribution in [3.05, 3.63) is 11.1 Å². The van der Waals surface area contributed by atoms with E-state index in [0.717, 1.165) is 0 Å². The van der Waals surface area contributed by atoms with E-state index in [1.807, 2.05) is 0 Å². The van der Waals surface area contributed by atoms with E-state index in [9.17, 15) is 4.79 Å². The molecule has 0 aliphatic rings. The molecule has 0 unspecified atom stereocenters. The number of ether oxygens (including phenoxy) is 1. The molecule has 0 aliphatic carbocycles. The summed E-state index contributed by atoms with van der Waals surface area (Å²) >= 11 is 1.32. The zero-order chi connectivity index (χ0) is 11.3. The number of aromatic nitrogens is 1. The number of amides is 1. The minimum Gasteiger partial charge on any atom is -0.449 e. The molecule has 1 amide bonds. The number of nitrogens with two attached hydrogens (primary N) is 1. The first kappa shape index (κ1) is 11.4. The van der Waals surface area contributed by atoms with Crippen LogP contribution in [0.25, 0.3) is 0 Å². The molecule has 6 nitrogen and oxygen atoms in total. The van der Waals surface area contributed by atoms with Crippen molar-refractivity contribution >= 4 is 28.3 Å². The third-order valence-corrected chi connectivity index (χ3v) is 2.16. The molecule has 0 bridgehead atoms. The maximum atomic E-state index is 10.9. The molecule has 1 aromatic rings. The number of anilines is 1. The van der Waals surface area contributed by atoms with Crippen LogP contribution in [0.4, 0.5) is 9.93 Å². The number of carbonyl (C=O) groups excluding carboxylic acids is 1. The van der Waals surface area contributed by atoms with Crippen molar-refractivity contribution in [2.24, 2.45) is 5.10 Å². The predicted octanol–water partition coefficient (Wildman–Crippen LogP) is 1.20. The first-order valence-corrected chi connectivity index (χ1v) is 5.20. The van der Waals surface area contributed by atoms with Gasteiger partial charge in [0.15, 0.2) is 5.13 Å².